The summed E-state index contributed by atoms with van der Waals surface area (Å²) >= 11 is 1.29. The van der Waals surface area contributed by atoms with Crippen LogP contribution in [0.15, 0.2) is 66.3 Å². The summed E-state index contributed by atoms with van der Waals surface area (Å²) in [6.45, 7) is 6.06. The Morgan fingerprint density at radius 3 is 2.56 bits per heavy atom. The van der Waals surface area contributed by atoms with Gasteiger partial charge in [0.1, 0.15) is 5.75 Å². The fourth-order valence-electron chi connectivity index (χ4n) is 4.03. The molecule has 0 saturated carbocycles. The smallest absolute Gasteiger partial charge is 0.416 e. The van der Waals surface area contributed by atoms with Crippen LogP contribution in [-0.2, 0) is 17.5 Å². The summed E-state index contributed by atoms with van der Waals surface area (Å²) in [5.41, 5.74) is 0.622. The number of para-hydroxylation sites is 1. The first-order valence-corrected chi connectivity index (χ1v) is 12.3. The minimum atomic E-state index is -4.39. The molecule has 1 amide bonds. The summed E-state index contributed by atoms with van der Waals surface area (Å²) < 4.78 is 46.5. The molecule has 36 heavy (non-hydrogen) atoms. The van der Waals surface area contributed by atoms with Crippen LogP contribution in [0.2, 0.25) is 0 Å². The van der Waals surface area contributed by atoms with Crippen molar-refractivity contribution in [3.63, 3.8) is 0 Å². The Bertz CT molecular complexity index is 1220. The van der Waals surface area contributed by atoms with Crippen LogP contribution in [0.25, 0.3) is 11.4 Å². The first-order chi connectivity index (χ1) is 17.3. The van der Waals surface area contributed by atoms with E-state index in [1.165, 1.54) is 17.8 Å². The fourth-order valence-corrected chi connectivity index (χ4v) is 4.88. The number of ether oxygens (including phenoxy) is 1. The van der Waals surface area contributed by atoms with E-state index in [1.54, 1.807) is 24.2 Å². The number of rotatable bonds is 8. The predicted molar refractivity (Wildman–Crippen MR) is 133 cm³/mol. The molecule has 0 bridgehead atoms. The van der Waals surface area contributed by atoms with Crippen LogP contribution in [0, 0.1) is 0 Å². The molecule has 0 aliphatic carbocycles. The molecule has 1 aromatic heterocycles. The molecule has 2 aromatic carbocycles. The second-order valence-corrected chi connectivity index (χ2v) is 9.05. The van der Waals surface area contributed by atoms with Crippen LogP contribution < -0.4 is 9.64 Å². The predicted octanol–water partition coefficient (Wildman–Crippen LogP) is 4.60. The average Bonchev–Trinajstić information content (AvgIpc) is 3.29. The summed E-state index contributed by atoms with van der Waals surface area (Å²) in [5.74, 6) is 1.40. The van der Waals surface area contributed by atoms with Crippen LogP contribution >= 0.6 is 11.8 Å². The van der Waals surface area contributed by atoms with Crippen LogP contribution in [-0.4, -0.2) is 64.6 Å². The van der Waals surface area contributed by atoms with Gasteiger partial charge >= 0.3 is 6.18 Å². The Balaban J connectivity index is 1.38. The van der Waals surface area contributed by atoms with Gasteiger partial charge in [0.15, 0.2) is 11.0 Å². The third-order valence-corrected chi connectivity index (χ3v) is 6.82. The normalized spacial score (nSPS) is 14.1. The van der Waals surface area contributed by atoms with Gasteiger partial charge in [-0.05, 0) is 30.3 Å². The van der Waals surface area contributed by atoms with Gasteiger partial charge in [-0.15, -0.1) is 16.8 Å². The van der Waals surface area contributed by atoms with Crippen LogP contribution in [0.1, 0.15) is 5.56 Å². The maximum atomic E-state index is 13.0. The number of hydrogen-bond donors (Lipinski definition) is 0. The number of piperazine rings is 1. The molecule has 1 aliphatic rings. The number of amides is 1. The lowest BCUT2D eigenvalue weighted by molar-refractivity contribution is -0.137. The van der Waals surface area contributed by atoms with Gasteiger partial charge in [-0.25, -0.2) is 0 Å². The number of methoxy groups -OCH3 is 1. The number of carbonyl (C=O) groups is 1. The van der Waals surface area contributed by atoms with E-state index in [4.69, 9.17) is 4.74 Å². The maximum absolute atomic E-state index is 13.0. The molecular weight excluding hydrogens is 491 g/mol. The monoisotopic (exact) mass is 517 g/mol. The lowest BCUT2D eigenvalue weighted by Gasteiger charge is -2.36. The quantitative estimate of drug-likeness (QED) is 0.322. The molecule has 2 heterocycles. The van der Waals surface area contributed by atoms with E-state index in [0.717, 1.165) is 17.7 Å². The summed E-state index contributed by atoms with van der Waals surface area (Å²) in [7, 11) is 1.59. The Kier molecular flexibility index (Phi) is 7.88. The number of halogens is 3. The molecule has 1 aliphatic heterocycles. The highest BCUT2D eigenvalue weighted by Gasteiger charge is 2.31. The lowest BCUT2D eigenvalue weighted by atomic mass is 10.1. The standard InChI is InChI=1S/C25H26F3N5O2S/c1-3-11-33-23(20-9-4-5-10-21(20)35-2)29-30-24(33)36-17-22(34)32-14-12-31(13-15-32)19-8-6-7-18(16-19)25(26,27)28/h3-10,16H,1,11-15,17H2,2H3. The van der Waals surface area contributed by atoms with E-state index in [-0.39, 0.29) is 11.7 Å². The number of nitrogens with zero attached hydrogens (tertiary/aromatic N) is 5. The van der Waals surface area contributed by atoms with Gasteiger partial charge in [0.25, 0.3) is 0 Å². The average molecular weight is 518 g/mol. The first-order valence-electron chi connectivity index (χ1n) is 11.3. The second-order valence-electron chi connectivity index (χ2n) is 8.11. The summed E-state index contributed by atoms with van der Waals surface area (Å²) in [5, 5.41) is 9.20. The van der Waals surface area contributed by atoms with Crippen molar-refractivity contribution in [1.82, 2.24) is 19.7 Å². The van der Waals surface area contributed by atoms with E-state index in [2.05, 4.69) is 16.8 Å². The molecule has 0 N–H and O–H groups in total. The number of carbonyl (C=O) groups excluding carboxylic acids is 1. The molecule has 0 radical (unpaired) electrons. The van der Waals surface area contributed by atoms with Gasteiger partial charge in [0.05, 0.1) is 24.0 Å². The highest BCUT2D eigenvalue weighted by molar-refractivity contribution is 7.99. The van der Waals surface area contributed by atoms with E-state index in [9.17, 15) is 18.0 Å². The molecule has 1 saturated heterocycles. The Labute approximate surface area is 211 Å². The Morgan fingerprint density at radius 2 is 1.86 bits per heavy atom. The van der Waals surface area contributed by atoms with Crippen molar-refractivity contribution in [2.45, 2.75) is 17.9 Å². The molecule has 0 atom stereocenters. The third kappa shape index (κ3) is 5.67. The Hall–Kier alpha value is -3.47. The van der Waals surface area contributed by atoms with Gasteiger partial charge in [-0.2, -0.15) is 13.2 Å². The zero-order valence-electron chi connectivity index (χ0n) is 19.7. The van der Waals surface area contributed by atoms with Crippen molar-refractivity contribution >= 4 is 23.4 Å². The lowest BCUT2D eigenvalue weighted by Crippen LogP contribution is -2.49. The molecule has 190 valence electrons. The van der Waals surface area contributed by atoms with Crippen LogP contribution in [0.3, 0.4) is 0 Å². The number of aromatic nitrogens is 3. The molecule has 1 fully saturated rings. The molecule has 0 spiro atoms. The van der Waals surface area contributed by atoms with Crippen molar-refractivity contribution in [3.05, 3.63) is 66.7 Å². The molecule has 0 unspecified atom stereocenters. The highest BCUT2D eigenvalue weighted by Crippen LogP contribution is 2.33. The Morgan fingerprint density at radius 1 is 1.11 bits per heavy atom. The zero-order chi connectivity index (χ0) is 25.7. The minimum absolute atomic E-state index is 0.0595. The van der Waals surface area contributed by atoms with Crippen molar-refractivity contribution in [1.29, 1.82) is 0 Å². The van der Waals surface area contributed by atoms with Crippen molar-refractivity contribution in [3.8, 4) is 17.1 Å². The minimum Gasteiger partial charge on any atom is -0.496 e. The molecular formula is C25H26F3N5O2S. The van der Waals surface area contributed by atoms with Gasteiger partial charge < -0.3 is 14.5 Å². The van der Waals surface area contributed by atoms with E-state index in [1.807, 2.05) is 33.7 Å². The largest absolute Gasteiger partial charge is 0.496 e. The van der Waals surface area contributed by atoms with E-state index >= 15 is 0 Å². The summed E-state index contributed by atoms with van der Waals surface area (Å²) in [6.07, 6.45) is -2.65. The van der Waals surface area contributed by atoms with Crippen molar-refractivity contribution in [2.75, 3.05) is 43.9 Å². The first kappa shape index (κ1) is 25.6. The number of hydrogen-bond acceptors (Lipinski definition) is 6. The van der Waals surface area contributed by atoms with Gasteiger partial charge in [-0.3, -0.25) is 9.36 Å². The van der Waals surface area contributed by atoms with Gasteiger partial charge in [0, 0.05) is 38.4 Å². The summed E-state index contributed by atoms with van der Waals surface area (Å²) in [4.78, 5) is 16.5. The highest BCUT2D eigenvalue weighted by atomic mass is 32.2. The molecule has 4 rings (SSSR count). The second kappa shape index (κ2) is 11.1. The topological polar surface area (TPSA) is 63.5 Å². The SMILES string of the molecule is C=CCn1c(SCC(=O)N2CCN(c3cccc(C(F)(F)F)c3)CC2)nnc1-c1ccccc1OC. The van der Waals surface area contributed by atoms with Gasteiger partial charge in [-0.1, -0.05) is 36.0 Å². The van der Waals surface area contributed by atoms with Gasteiger partial charge in [0.2, 0.25) is 5.91 Å². The summed E-state index contributed by atoms with van der Waals surface area (Å²) in [6, 6.07) is 12.8. The number of anilines is 1. The molecule has 7 nitrogen and oxygen atoms in total. The van der Waals surface area contributed by atoms with Crippen molar-refractivity contribution in [2.24, 2.45) is 0 Å². The van der Waals surface area contributed by atoms with Crippen LogP contribution in [0.4, 0.5) is 18.9 Å². The van der Waals surface area contributed by atoms with Crippen LogP contribution in [0.5, 0.6) is 5.75 Å². The third-order valence-electron chi connectivity index (χ3n) is 5.87. The van der Waals surface area contributed by atoms with E-state index in [0.29, 0.717) is 55.1 Å². The maximum Gasteiger partial charge on any atom is 0.416 e. The number of benzene rings is 2. The van der Waals surface area contributed by atoms with Crippen molar-refractivity contribution < 1.29 is 22.7 Å². The zero-order valence-corrected chi connectivity index (χ0v) is 20.6. The number of thioether (sulfide) groups is 1. The fraction of sp³-hybridized carbons (Fsp3) is 0.320. The number of alkyl halides is 3. The molecule has 11 heteroatoms. The number of allylic oxidation sites excluding steroid dienone is 1. The molecule has 3 aromatic rings. The van der Waals surface area contributed by atoms with E-state index < -0.39 is 11.7 Å².